The number of carbonyl (C=O) groups excluding carboxylic acids is 1. The van der Waals surface area contributed by atoms with E-state index < -0.39 is 4.92 Å². The second kappa shape index (κ2) is 6.47. The zero-order valence-corrected chi connectivity index (χ0v) is 11.5. The molecule has 6 nitrogen and oxygen atoms in total. The van der Waals surface area contributed by atoms with Crippen molar-refractivity contribution in [2.24, 2.45) is 0 Å². The molecule has 1 aromatic rings. The maximum atomic E-state index is 12.1. The van der Waals surface area contributed by atoms with Crippen LogP contribution in [0.3, 0.4) is 0 Å². The van der Waals surface area contributed by atoms with E-state index in [0.717, 1.165) is 13.1 Å². The summed E-state index contributed by atoms with van der Waals surface area (Å²) in [5, 5.41) is 13.7. The van der Waals surface area contributed by atoms with E-state index in [1.54, 1.807) is 12.1 Å². The van der Waals surface area contributed by atoms with E-state index in [1.165, 1.54) is 25.0 Å². The Bertz CT molecular complexity index is 498. The predicted octanol–water partition coefficient (Wildman–Crippen LogP) is 1.81. The van der Waals surface area contributed by atoms with Gasteiger partial charge < -0.3 is 5.32 Å². The third kappa shape index (κ3) is 3.33. The van der Waals surface area contributed by atoms with Gasteiger partial charge in [-0.3, -0.25) is 19.8 Å². The fourth-order valence-electron chi connectivity index (χ4n) is 2.47. The van der Waals surface area contributed by atoms with Crippen molar-refractivity contribution >= 4 is 11.6 Å². The number of nitrogens with zero attached hydrogens (tertiary/aromatic N) is 2. The zero-order valence-electron chi connectivity index (χ0n) is 11.5. The molecule has 0 saturated carbocycles. The molecule has 1 aliphatic heterocycles. The van der Waals surface area contributed by atoms with Crippen molar-refractivity contribution in [1.82, 2.24) is 10.2 Å². The number of rotatable bonds is 5. The van der Waals surface area contributed by atoms with E-state index in [9.17, 15) is 14.9 Å². The fraction of sp³-hybridized carbons (Fsp3) is 0.500. The Balaban J connectivity index is 1.96. The Kier molecular flexibility index (Phi) is 4.68. The van der Waals surface area contributed by atoms with Gasteiger partial charge in [-0.15, -0.1) is 0 Å². The molecule has 0 unspecified atom stereocenters. The lowest BCUT2D eigenvalue weighted by Crippen LogP contribution is -2.40. The van der Waals surface area contributed by atoms with Crippen LogP contribution in [0.1, 0.15) is 30.1 Å². The minimum absolute atomic E-state index is 0.117. The molecule has 0 radical (unpaired) electrons. The Labute approximate surface area is 117 Å². The number of nitrogens with one attached hydrogen (secondary N) is 1. The lowest BCUT2D eigenvalue weighted by Gasteiger charge is -2.23. The molecule has 1 atom stereocenters. The molecule has 0 bridgehead atoms. The summed E-state index contributed by atoms with van der Waals surface area (Å²) in [6, 6.07) is 6.27. The van der Waals surface area contributed by atoms with Gasteiger partial charge in [0, 0.05) is 18.7 Å². The smallest absolute Gasteiger partial charge is 0.282 e. The molecule has 0 spiro atoms. The molecule has 1 amide bonds. The maximum Gasteiger partial charge on any atom is 0.282 e. The molecule has 20 heavy (non-hydrogen) atoms. The lowest BCUT2D eigenvalue weighted by molar-refractivity contribution is -0.385. The van der Waals surface area contributed by atoms with Gasteiger partial charge in [0.15, 0.2) is 0 Å². The van der Waals surface area contributed by atoms with Gasteiger partial charge in [0.05, 0.1) is 4.92 Å². The van der Waals surface area contributed by atoms with Crippen LogP contribution in [0.25, 0.3) is 0 Å². The first kappa shape index (κ1) is 14.5. The molecule has 1 heterocycles. The van der Waals surface area contributed by atoms with Gasteiger partial charge in [0.2, 0.25) is 0 Å². The number of benzene rings is 1. The standard InChI is InChI=1S/C14H19N3O3/c1-11(16-8-4-5-9-16)10-15-14(18)12-6-2-3-7-13(12)17(19)20/h2-3,6-7,11H,4-5,8-10H2,1H3,(H,15,18)/t11-/m0/s1. The number of hydrogen-bond acceptors (Lipinski definition) is 4. The summed E-state index contributed by atoms with van der Waals surface area (Å²) < 4.78 is 0. The summed E-state index contributed by atoms with van der Waals surface area (Å²) in [4.78, 5) is 24.7. The molecule has 108 valence electrons. The number of nitro benzene ring substituents is 1. The Morgan fingerprint density at radius 2 is 2.05 bits per heavy atom. The van der Waals surface area contributed by atoms with Crippen LogP contribution in [0, 0.1) is 10.1 Å². The molecule has 0 aromatic heterocycles. The van der Waals surface area contributed by atoms with Gasteiger partial charge in [0.25, 0.3) is 11.6 Å². The summed E-state index contributed by atoms with van der Waals surface area (Å²) >= 11 is 0. The lowest BCUT2D eigenvalue weighted by atomic mass is 10.1. The van der Waals surface area contributed by atoms with Crippen molar-refractivity contribution in [2.75, 3.05) is 19.6 Å². The number of carbonyl (C=O) groups is 1. The van der Waals surface area contributed by atoms with Crippen molar-refractivity contribution in [2.45, 2.75) is 25.8 Å². The number of hydrogen-bond donors (Lipinski definition) is 1. The molecule has 0 aliphatic carbocycles. The number of para-hydroxylation sites is 1. The molecule has 1 N–H and O–H groups in total. The Morgan fingerprint density at radius 3 is 2.70 bits per heavy atom. The highest BCUT2D eigenvalue weighted by molar-refractivity contribution is 5.98. The second-order valence-electron chi connectivity index (χ2n) is 5.08. The third-order valence-electron chi connectivity index (χ3n) is 3.67. The highest BCUT2D eigenvalue weighted by atomic mass is 16.6. The largest absolute Gasteiger partial charge is 0.350 e. The molecule has 1 aromatic carbocycles. The molecule has 2 rings (SSSR count). The van der Waals surface area contributed by atoms with Crippen LogP contribution >= 0.6 is 0 Å². The highest BCUT2D eigenvalue weighted by Crippen LogP contribution is 2.17. The second-order valence-corrected chi connectivity index (χ2v) is 5.08. The topological polar surface area (TPSA) is 75.5 Å². The molecular weight excluding hydrogens is 258 g/mol. The molecule has 1 fully saturated rings. The SMILES string of the molecule is C[C@@H](CNC(=O)c1ccccc1[N+](=O)[O-])N1CCCC1. The predicted molar refractivity (Wildman–Crippen MR) is 75.7 cm³/mol. The molecule has 1 saturated heterocycles. The molecule has 1 aliphatic rings. The first-order valence-electron chi connectivity index (χ1n) is 6.85. The van der Waals surface area contributed by atoms with Crippen molar-refractivity contribution in [3.63, 3.8) is 0 Å². The number of nitro groups is 1. The molecule has 6 heteroatoms. The summed E-state index contributed by atoms with van der Waals surface area (Å²) in [6.45, 7) is 4.68. The van der Waals surface area contributed by atoms with E-state index in [-0.39, 0.29) is 23.2 Å². The van der Waals surface area contributed by atoms with E-state index in [1.807, 2.05) is 0 Å². The third-order valence-corrected chi connectivity index (χ3v) is 3.67. The van der Waals surface area contributed by atoms with Gasteiger partial charge in [-0.2, -0.15) is 0 Å². The van der Waals surface area contributed by atoms with Crippen molar-refractivity contribution in [1.29, 1.82) is 0 Å². The van der Waals surface area contributed by atoms with Crippen LogP contribution in [0.4, 0.5) is 5.69 Å². The average Bonchev–Trinajstić information content (AvgIpc) is 2.98. The van der Waals surface area contributed by atoms with Gasteiger partial charge in [0.1, 0.15) is 5.56 Å². The summed E-state index contributed by atoms with van der Waals surface area (Å²) in [5.41, 5.74) is -0.0371. The summed E-state index contributed by atoms with van der Waals surface area (Å²) in [7, 11) is 0. The highest BCUT2D eigenvalue weighted by Gasteiger charge is 2.21. The van der Waals surface area contributed by atoms with E-state index >= 15 is 0 Å². The Hall–Kier alpha value is -1.95. The zero-order chi connectivity index (χ0) is 14.5. The minimum Gasteiger partial charge on any atom is -0.350 e. The van der Waals surface area contributed by atoms with Crippen LogP contribution in [-0.2, 0) is 0 Å². The van der Waals surface area contributed by atoms with E-state index in [4.69, 9.17) is 0 Å². The van der Waals surface area contributed by atoms with Gasteiger partial charge in [-0.1, -0.05) is 12.1 Å². The van der Waals surface area contributed by atoms with Crippen LogP contribution in [-0.4, -0.2) is 41.4 Å². The summed E-state index contributed by atoms with van der Waals surface area (Å²) in [5.74, 6) is -0.386. The van der Waals surface area contributed by atoms with Crippen molar-refractivity contribution < 1.29 is 9.72 Å². The summed E-state index contributed by atoms with van der Waals surface area (Å²) in [6.07, 6.45) is 2.39. The number of amides is 1. The minimum atomic E-state index is -0.529. The average molecular weight is 277 g/mol. The van der Waals surface area contributed by atoms with Crippen molar-refractivity contribution in [3.8, 4) is 0 Å². The van der Waals surface area contributed by atoms with Gasteiger partial charge >= 0.3 is 0 Å². The van der Waals surface area contributed by atoms with Crippen LogP contribution in [0.5, 0.6) is 0 Å². The van der Waals surface area contributed by atoms with Crippen LogP contribution in [0.15, 0.2) is 24.3 Å². The maximum absolute atomic E-state index is 12.1. The molecular formula is C14H19N3O3. The first-order chi connectivity index (χ1) is 9.59. The Morgan fingerprint density at radius 1 is 1.40 bits per heavy atom. The quantitative estimate of drug-likeness (QED) is 0.658. The van der Waals surface area contributed by atoms with Crippen molar-refractivity contribution in [3.05, 3.63) is 39.9 Å². The monoisotopic (exact) mass is 277 g/mol. The van der Waals surface area contributed by atoms with Crippen LogP contribution in [0.2, 0.25) is 0 Å². The van der Waals surface area contributed by atoms with Crippen LogP contribution < -0.4 is 5.32 Å². The fourth-order valence-corrected chi connectivity index (χ4v) is 2.47. The van der Waals surface area contributed by atoms with E-state index in [2.05, 4.69) is 17.1 Å². The van der Waals surface area contributed by atoms with Gasteiger partial charge in [-0.05, 0) is 38.9 Å². The first-order valence-corrected chi connectivity index (χ1v) is 6.85. The normalized spacial score (nSPS) is 16.9. The van der Waals surface area contributed by atoms with Gasteiger partial charge in [-0.25, -0.2) is 0 Å². The van der Waals surface area contributed by atoms with E-state index in [0.29, 0.717) is 6.54 Å². The number of likely N-dealkylation sites (tertiary alicyclic amines) is 1.